The Morgan fingerprint density at radius 1 is 1.09 bits per heavy atom. The van der Waals surface area contributed by atoms with Crippen LogP contribution in [0, 0.1) is 12.5 Å². The topological polar surface area (TPSA) is 67.2 Å². The molecule has 0 atom stereocenters. The number of rotatable bonds is 6. The minimum Gasteiger partial charge on any atom is -0.342 e. The number of sulfone groups is 1. The molecule has 8 heteroatoms. The van der Waals surface area contributed by atoms with Crippen molar-refractivity contribution in [3.8, 4) is 11.1 Å². The van der Waals surface area contributed by atoms with Gasteiger partial charge in [0.15, 0.2) is 15.5 Å². The summed E-state index contributed by atoms with van der Waals surface area (Å²) >= 11 is 13.3. The summed E-state index contributed by atoms with van der Waals surface area (Å²) in [6, 6.07) is 15.9. The number of benzene rings is 3. The van der Waals surface area contributed by atoms with Crippen LogP contribution in [0.4, 0.5) is 5.69 Å². The Hall–Kier alpha value is -2.85. The van der Waals surface area contributed by atoms with Crippen LogP contribution in [0.1, 0.15) is 24.2 Å². The molecule has 166 valence electrons. The molecule has 33 heavy (non-hydrogen) atoms. The summed E-state index contributed by atoms with van der Waals surface area (Å²) in [5.41, 5.74) is 3.92. The summed E-state index contributed by atoms with van der Waals surface area (Å²) in [4.78, 5) is 11.9. The van der Waals surface area contributed by atoms with Crippen LogP contribution >= 0.6 is 23.2 Å². The van der Waals surface area contributed by atoms with E-state index in [-0.39, 0.29) is 5.75 Å². The molecular weight excluding hydrogens is 477 g/mol. The lowest BCUT2D eigenvalue weighted by Crippen LogP contribution is -2.08. The van der Waals surface area contributed by atoms with Gasteiger partial charge in [-0.25, -0.2) is 18.2 Å². The molecular formula is C25H19Cl2N3O2S. The van der Waals surface area contributed by atoms with Crippen LogP contribution in [0.3, 0.4) is 0 Å². The molecule has 5 rings (SSSR count). The van der Waals surface area contributed by atoms with Crippen molar-refractivity contribution in [2.24, 2.45) is 5.92 Å². The molecule has 0 aliphatic heterocycles. The zero-order valence-electron chi connectivity index (χ0n) is 17.5. The molecule has 0 amide bonds. The Morgan fingerprint density at radius 3 is 2.52 bits per heavy atom. The van der Waals surface area contributed by atoms with Crippen LogP contribution in [-0.4, -0.2) is 24.1 Å². The molecule has 5 nitrogen and oxygen atoms in total. The van der Waals surface area contributed by atoms with Gasteiger partial charge in [0, 0.05) is 12.0 Å². The van der Waals surface area contributed by atoms with E-state index in [0.29, 0.717) is 61.0 Å². The van der Waals surface area contributed by atoms with Crippen molar-refractivity contribution >= 4 is 49.8 Å². The molecule has 1 fully saturated rings. The van der Waals surface area contributed by atoms with E-state index in [2.05, 4.69) is 14.8 Å². The molecule has 0 unspecified atom stereocenters. The second-order valence-electron chi connectivity index (χ2n) is 8.30. The monoisotopic (exact) mass is 495 g/mol. The maximum atomic E-state index is 12.5. The number of aromatic amines is 1. The number of hydrogen-bond donors (Lipinski definition) is 1. The average molecular weight is 496 g/mol. The normalized spacial score (nSPS) is 13.8. The highest BCUT2D eigenvalue weighted by atomic mass is 35.5. The molecule has 1 aliphatic carbocycles. The van der Waals surface area contributed by atoms with Crippen molar-refractivity contribution in [3.63, 3.8) is 0 Å². The molecule has 1 aromatic heterocycles. The Kier molecular flexibility index (Phi) is 5.65. The number of imidazole rings is 1. The summed E-state index contributed by atoms with van der Waals surface area (Å²) in [7, 11) is -3.23. The van der Waals surface area contributed by atoms with Crippen LogP contribution in [0.25, 0.3) is 27.0 Å². The number of nitrogens with zero attached hydrogens (tertiary/aromatic N) is 2. The van der Waals surface area contributed by atoms with Crippen LogP contribution in [-0.2, 0) is 16.3 Å². The van der Waals surface area contributed by atoms with Gasteiger partial charge in [-0.1, -0.05) is 59.6 Å². The van der Waals surface area contributed by atoms with Crippen molar-refractivity contribution < 1.29 is 8.42 Å². The van der Waals surface area contributed by atoms with Gasteiger partial charge in [0.05, 0.1) is 32.8 Å². The van der Waals surface area contributed by atoms with Gasteiger partial charge in [0.1, 0.15) is 11.3 Å². The van der Waals surface area contributed by atoms with E-state index in [1.54, 1.807) is 30.3 Å². The molecule has 3 aromatic carbocycles. The number of H-pyrrole nitrogens is 1. The Labute approximate surface area is 202 Å². The molecule has 0 saturated heterocycles. The fraction of sp³-hybridized carbons (Fsp3) is 0.200. The van der Waals surface area contributed by atoms with Crippen molar-refractivity contribution in [1.29, 1.82) is 0 Å². The predicted molar refractivity (Wildman–Crippen MR) is 132 cm³/mol. The van der Waals surface area contributed by atoms with Gasteiger partial charge in [0.2, 0.25) is 0 Å². The van der Waals surface area contributed by atoms with Gasteiger partial charge in [-0.15, -0.1) is 0 Å². The van der Waals surface area contributed by atoms with Gasteiger partial charge in [0.25, 0.3) is 0 Å². The fourth-order valence-electron chi connectivity index (χ4n) is 3.94. The van der Waals surface area contributed by atoms with Crippen molar-refractivity contribution in [2.45, 2.75) is 24.2 Å². The van der Waals surface area contributed by atoms with E-state index < -0.39 is 9.84 Å². The zero-order chi connectivity index (χ0) is 23.2. The lowest BCUT2D eigenvalue weighted by Gasteiger charge is -2.09. The van der Waals surface area contributed by atoms with E-state index in [1.807, 2.05) is 24.3 Å². The van der Waals surface area contributed by atoms with Gasteiger partial charge >= 0.3 is 0 Å². The van der Waals surface area contributed by atoms with Crippen LogP contribution in [0.5, 0.6) is 0 Å². The maximum absolute atomic E-state index is 12.5. The molecule has 1 heterocycles. The van der Waals surface area contributed by atoms with Gasteiger partial charge < -0.3 is 4.98 Å². The molecule has 0 radical (unpaired) electrons. The first-order valence-electron chi connectivity index (χ1n) is 10.5. The number of aromatic nitrogens is 2. The maximum Gasteiger partial charge on any atom is 0.195 e. The fourth-order valence-corrected chi connectivity index (χ4v) is 6.34. The minimum atomic E-state index is -3.23. The second kappa shape index (κ2) is 8.49. The largest absolute Gasteiger partial charge is 0.342 e. The van der Waals surface area contributed by atoms with E-state index in [9.17, 15) is 8.42 Å². The van der Waals surface area contributed by atoms with Gasteiger partial charge in [-0.05, 0) is 48.1 Å². The molecule has 1 aliphatic rings. The van der Waals surface area contributed by atoms with Crippen molar-refractivity contribution in [2.75, 3.05) is 5.75 Å². The summed E-state index contributed by atoms with van der Waals surface area (Å²) < 4.78 is 24.9. The number of fused-ring (bicyclic) bond motifs is 1. The first kappa shape index (κ1) is 22.0. The standard InChI is InChI=1S/C25H19Cl2N3O2S/c1-28-20-5-3-2-4-18(20)23-19(26)13-21-25(24(23)27)30-22(29-21)12-15-8-10-17(11-9-15)33(31,32)14-16-6-7-16/h2-5,8-11,13,16H,6-7,12,14H2,(H,29,30). The third-order valence-corrected chi connectivity index (χ3v) is 8.38. The smallest absolute Gasteiger partial charge is 0.195 e. The molecule has 1 N–H and O–H groups in total. The molecule has 1 saturated carbocycles. The average Bonchev–Trinajstić information content (AvgIpc) is 3.51. The molecule has 4 aromatic rings. The third-order valence-electron chi connectivity index (χ3n) is 5.82. The Morgan fingerprint density at radius 2 is 1.82 bits per heavy atom. The summed E-state index contributed by atoms with van der Waals surface area (Å²) in [6.07, 6.45) is 2.49. The van der Waals surface area contributed by atoms with E-state index in [0.717, 1.165) is 18.4 Å². The van der Waals surface area contributed by atoms with Gasteiger partial charge in [-0.3, -0.25) is 0 Å². The van der Waals surface area contributed by atoms with E-state index >= 15 is 0 Å². The highest BCUT2D eigenvalue weighted by Crippen LogP contribution is 2.43. The lowest BCUT2D eigenvalue weighted by molar-refractivity contribution is 0.592. The zero-order valence-corrected chi connectivity index (χ0v) is 19.8. The van der Waals surface area contributed by atoms with Crippen molar-refractivity contribution in [3.05, 3.63) is 87.4 Å². The second-order valence-corrected chi connectivity index (χ2v) is 11.1. The summed E-state index contributed by atoms with van der Waals surface area (Å²) in [5.74, 6) is 1.23. The molecule has 0 spiro atoms. The Bertz CT molecular complexity index is 1520. The number of halogens is 2. The summed E-state index contributed by atoms with van der Waals surface area (Å²) in [6.45, 7) is 7.44. The highest BCUT2D eigenvalue weighted by molar-refractivity contribution is 7.91. The quantitative estimate of drug-likeness (QED) is 0.297. The first-order chi connectivity index (χ1) is 15.9. The van der Waals surface area contributed by atoms with Crippen LogP contribution in [0.2, 0.25) is 10.0 Å². The summed E-state index contributed by atoms with van der Waals surface area (Å²) in [5, 5.41) is 0.821. The lowest BCUT2D eigenvalue weighted by atomic mass is 10.0. The first-order valence-corrected chi connectivity index (χ1v) is 12.9. The van der Waals surface area contributed by atoms with Crippen LogP contribution in [0.15, 0.2) is 59.5 Å². The predicted octanol–water partition coefficient (Wildman–Crippen LogP) is 6.86. The Balaban J connectivity index is 1.45. The third kappa shape index (κ3) is 4.37. The van der Waals surface area contributed by atoms with E-state index in [1.165, 1.54) is 0 Å². The number of hydrogen-bond acceptors (Lipinski definition) is 3. The number of nitrogens with one attached hydrogen (secondary N) is 1. The molecule has 0 bridgehead atoms. The van der Waals surface area contributed by atoms with E-state index in [4.69, 9.17) is 29.8 Å². The SMILES string of the molecule is [C-]#[N+]c1ccccc1-c1c(Cl)cc2[nH]c(Cc3ccc(S(=O)(=O)CC4CC4)cc3)nc2c1Cl. The van der Waals surface area contributed by atoms with Crippen molar-refractivity contribution in [1.82, 2.24) is 9.97 Å². The van der Waals surface area contributed by atoms with Gasteiger partial charge in [-0.2, -0.15) is 0 Å². The van der Waals surface area contributed by atoms with Crippen LogP contribution < -0.4 is 0 Å². The minimum absolute atomic E-state index is 0.230. The highest BCUT2D eigenvalue weighted by Gasteiger charge is 2.29. The number of para-hydroxylation sites is 1.